The van der Waals surface area contributed by atoms with Crippen molar-refractivity contribution < 1.29 is 19.4 Å². The molecule has 0 aromatic heterocycles. The van der Waals surface area contributed by atoms with Gasteiger partial charge in [-0.3, -0.25) is 4.79 Å². The van der Waals surface area contributed by atoms with Crippen molar-refractivity contribution in [3.63, 3.8) is 0 Å². The normalized spacial score (nSPS) is 10.1. The molecule has 0 amide bonds. The topological polar surface area (TPSA) is 55.8 Å². The summed E-state index contributed by atoms with van der Waals surface area (Å²) >= 11 is 0. The molecule has 0 atom stereocenters. The molecule has 0 saturated heterocycles. The summed E-state index contributed by atoms with van der Waals surface area (Å²) in [6.45, 7) is 1.96. The van der Waals surface area contributed by atoms with Gasteiger partial charge in [0.25, 0.3) is 0 Å². The van der Waals surface area contributed by atoms with Gasteiger partial charge in [-0.1, -0.05) is 6.07 Å². The molecule has 0 fully saturated rings. The highest BCUT2D eigenvalue weighted by Gasteiger charge is 2.11. The third-order valence-corrected chi connectivity index (χ3v) is 2.74. The van der Waals surface area contributed by atoms with Crippen LogP contribution in [0, 0.1) is 6.92 Å². The summed E-state index contributed by atoms with van der Waals surface area (Å²) in [5.74, 6) is 0.662. The zero-order valence-electron chi connectivity index (χ0n) is 10.4. The Kier molecular flexibility index (Phi) is 4.82. The third kappa shape index (κ3) is 3.37. The molecule has 0 heterocycles. The highest BCUT2D eigenvalue weighted by atomic mass is 16.5. The van der Waals surface area contributed by atoms with Gasteiger partial charge in [-0.2, -0.15) is 0 Å². The minimum atomic E-state index is -0.761. The van der Waals surface area contributed by atoms with Crippen LogP contribution in [0.4, 0.5) is 0 Å². The van der Waals surface area contributed by atoms with Crippen LogP contribution >= 0.6 is 0 Å². The van der Waals surface area contributed by atoms with Gasteiger partial charge in [0.05, 0.1) is 14.2 Å². The molecule has 1 rings (SSSR count). The predicted octanol–water partition coefficient (Wildman–Crippen LogP) is 2.42. The number of aliphatic carboxylic acids is 1. The quantitative estimate of drug-likeness (QED) is 0.827. The molecule has 17 heavy (non-hydrogen) atoms. The van der Waals surface area contributed by atoms with Crippen LogP contribution in [0.5, 0.6) is 11.5 Å². The number of rotatable bonds is 6. The molecule has 0 aliphatic heterocycles. The van der Waals surface area contributed by atoms with Gasteiger partial charge in [-0.05, 0) is 37.0 Å². The van der Waals surface area contributed by atoms with Crippen molar-refractivity contribution in [3.8, 4) is 11.5 Å². The smallest absolute Gasteiger partial charge is 0.303 e. The van der Waals surface area contributed by atoms with E-state index in [1.807, 2.05) is 19.1 Å². The van der Waals surface area contributed by atoms with E-state index < -0.39 is 5.97 Å². The van der Waals surface area contributed by atoms with Crippen molar-refractivity contribution in [2.75, 3.05) is 14.2 Å². The lowest BCUT2D eigenvalue weighted by Crippen LogP contribution is -2.00. The van der Waals surface area contributed by atoms with Gasteiger partial charge in [0, 0.05) is 6.42 Å². The number of ether oxygens (including phenoxy) is 2. The number of aryl methyl sites for hydroxylation is 1. The summed E-state index contributed by atoms with van der Waals surface area (Å²) in [6, 6.07) is 3.81. The van der Waals surface area contributed by atoms with Gasteiger partial charge in [0.2, 0.25) is 0 Å². The Balaban J connectivity index is 2.83. The van der Waals surface area contributed by atoms with Crippen molar-refractivity contribution in [3.05, 3.63) is 23.3 Å². The lowest BCUT2D eigenvalue weighted by molar-refractivity contribution is -0.137. The summed E-state index contributed by atoms with van der Waals surface area (Å²) in [7, 11) is 3.20. The molecule has 0 unspecified atom stereocenters. The van der Waals surface area contributed by atoms with Crippen LogP contribution in [0.3, 0.4) is 0 Å². The first kappa shape index (κ1) is 13.4. The molecule has 4 heteroatoms. The number of methoxy groups -OCH3 is 2. The lowest BCUT2D eigenvalue weighted by atomic mass is 10.0. The van der Waals surface area contributed by atoms with Crippen LogP contribution in [0.15, 0.2) is 12.1 Å². The van der Waals surface area contributed by atoms with E-state index in [-0.39, 0.29) is 6.42 Å². The minimum absolute atomic E-state index is 0.188. The number of carboxylic acid groups (broad SMARTS) is 1. The highest BCUT2D eigenvalue weighted by Crippen LogP contribution is 2.33. The van der Waals surface area contributed by atoms with Crippen molar-refractivity contribution in [1.29, 1.82) is 0 Å². The monoisotopic (exact) mass is 238 g/mol. The minimum Gasteiger partial charge on any atom is -0.493 e. The second-order valence-electron chi connectivity index (χ2n) is 3.83. The van der Waals surface area contributed by atoms with E-state index in [1.54, 1.807) is 14.2 Å². The summed E-state index contributed by atoms with van der Waals surface area (Å²) in [5, 5.41) is 8.60. The van der Waals surface area contributed by atoms with Crippen LogP contribution in [0.2, 0.25) is 0 Å². The number of hydrogen-bond donors (Lipinski definition) is 1. The fourth-order valence-electron chi connectivity index (χ4n) is 1.82. The average molecular weight is 238 g/mol. The fourth-order valence-corrected chi connectivity index (χ4v) is 1.82. The van der Waals surface area contributed by atoms with E-state index in [1.165, 1.54) is 0 Å². The van der Waals surface area contributed by atoms with E-state index >= 15 is 0 Å². The number of carboxylic acids is 1. The SMILES string of the molecule is COc1ccc(CCCC(=O)O)c(C)c1OC. The number of benzene rings is 1. The van der Waals surface area contributed by atoms with Gasteiger partial charge in [-0.15, -0.1) is 0 Å². The van der Waals surface area contributed by atoms with Crippen molar-refractivity contribution >= 4 is 5.97 Å². The molecule has 1 aromatic carbocycles. The summed E-state index contributed by atoms with van der Waals surface area (Å²) in [6.07, 6.45) is 1.55. The molecule has 1 aromatic rings. The van der Waals surface area contributed by atoms with E-state index in [4.69, 9.17) is 14.6 Å². The Bertz CT molecular complexity index is 399. The van der Waals surface area contributed by atoms with Gasteiger partial charge in [-0.25, -0.2) is 0 Å². The van der Waals surface area contributed by atoms with Crippen molar-refractivity contribution in [1.82, 2.24) is 0 Å². The molecule has 0 aliphatic carbocycles. The molecular weight excluding hydrogens is 220 g/mol. The number of hydrogen-bond acceptors (Lipinski definition) is 3. The maximum Gasteiger partial charge on any atom is 0.303 e. The average Bonchev–Trinajstić information content (AvgIpc) is 2.30. The maximum atomic E-state index is 10.5. The van der Waals surface area contributed by atoms with Crippen LogP contribution in [0.25, 0.3) is 0 Å². The zero-order chi connectivity index (χ0) is 12.8. The number of carbonyl (C=O) groups is 1. The lowest BCUT2D eigenvalue weighted by Gasteiger charge is -2.13. The first-order chi connectivity index (χ1) is 8.10. The van der Waals surface area contributed by atoms with Gasteiger partial charge >= 0.3 is 5.97 Å². The second-order valence-corrected chi connectivity index (χ2v) is 3.83. The molecule has 4 nitrogen and oxygen atoms in total. The first-order valence-corrected chi connectivity index (χ1v) is 5.52. The third-order valence-electron chi connectivity index (χ3n) is 2.74. The second kappa shape index (κ2) is 6.13. The molecule has 0 bridgehead atoms. The predicted molar refractivity (Wildman–Crippen MR) is 64.9 cm³/mol. The van der Waals surface area contributed by atoms with E-state index in [0.29, 0.717) is 12.2 Å². The Hall–Kier alpha value is -1.71. The Labute approximate surface area is 101 Å². The summed E-state index contributed by atoms with van der Waals surface area (Å²) in [5.41, 5.74) is 2.11. The van der Waals surface area contributed by atoms with Gasteiger partial charge in [0.15, 0.2) is 11.5 Å². The molecule has 0 radical (unpaired) electrons. The zero-order valence-corrected chi connectivity index (χ0v) is 10.4. The van der Waals surface area contributed by atoms with E-state index in [0.717, 1.165) is 23.3 Å². The standard InChI is InChI=1S/C13H18O4/c1-9-10(5-4-6-12(14)15)7-8-11(16-2)13(9)17-3/h7-8H,4-6H2,1-3H3,(H,14,15). The first-order valence-electron chi connectivity index (χ1n) is 5.52. The molecule has 1 N–H and O–H groups in total. The summed E-state index contributed by atoms with van der Waals surface area (Å²) in [4.78, 5) is 10.5. The molecular formula is C13H18O4. The van der Waals surface area contributed by atoms with Gasteiger partial charge < -0.3 is 14.6 Å². The van der Waals surface area contributed by atoms with Gasteiger partial charge in [0.1, 0.15) is 0 Å². The van der Waals surface area contributed by atoms with E-state index in [2.05, 4.69) is 0 Å². The van der Waals surface area contributed by atoms with Crippen LogP contribution in [-0.2, 0) is 11.2 Å². The molecule has 0 aliphatic rings. The Morgan fingerprint density at radius 3 is 2.53 bits per heavy atom. The van der Waals surface area contributed by atoms with Crippen molar-refractivity contribution in [2.45, 2.75) is 26.2 Å². The fraction of sp³-hybridized carbons (Fsp3) is 0.462. The van der Waals surface area contributed by atoms with Crippen LogP contribution < -0.4 is 9.47 Å². The van der Waals surface area contributed by atoms with Crippen molar-refractivity contribution in [2.24, 2.45) is 0 Å². The largest absolute Gasteiger partial charge is 0.493 e. The van der Waals surface area contributed by atoms with Crippen LogP contribution in [-0.4, -0.2) is 25.3 Å². The Morgan fingerprint density at radius 1 is 1.29 bits per heavy atom. The Morgan fingerprint density at radius 2 is 2.00 bits per heavy atom. The highest BCUT2D eigenvalue weighted by molar-refractivity contribution is 5.66. The maximum absolute atomic E-state index is 10.5. The molecule has 0 saturated carbocycles. The van der Waals surface area contributed by atoms with E-state index in [9.17, 15) is 4.79 Å². The molecule has 0 spiro atoms. The van der Waals surface area contributed by atoms with Crippen LogP contribution in [0.1, 0.15) is 24.0 Å². The molecule has 94 valence electrons. The summed E-state index contributed by atoms with van der Waals surface area (Å²) < 4.78 is 10.5.